The van der Waals surface area contributed by atoms with Gasteiger partial charge in [0.1, 0.15) is 0 Å². The first-order chi connectivity index (χ1) is 11.3. The lowest BCUT2D eigenvalue weighted by atomic mass is 10.1. The van der Waals surface area contributed by atoms with Crippen LogP contribution in [0, 0.1) is 0 Å². The van der Waals surface area contributed by atoms with Crippen LogP contribution in [0.4, 0.5) is 0 Å². The molecule has 2 saturated heterocycles. The molecule has 126 valence electrons. The Balaban J connectivity index is 1.58. The Kier molecular flexibility index (Phi) is 6.09. The standard InChI is InChI=1S/C20H30N2O/c23-20(22-15-7-3-4-8-16-22)19-11-9-18(10-12-19)17-21-13-5-1-2-6-14-21/h9-12H,1-8,13-17H2. The molecule has 1 amide bonds. The first-order valence-electron chi connectivity index (χ1n) is 9.43. The van der Waals surface area contributed by atoms with Crippen LogP contribution in [0.15, 0.2) is 24.3 Å². The molecule has 2 fully saturated rings. The minimum Gasteiger partial charge on any atom is -0.339 e. The Morgan fingerprint density at radius 3 is 1.83 bits per heavy atom. The molecule has 0 radical (unpaired) electrons. The molecule has 1 aromatic rings. The molecule has 0 spiro atoms. The van der Waals surface area contributed by atoms with Crippen molar-refractivity contribution in [2.24, 2.45) is 0 Å². The molecule has 0 aromatic heterocycles. The molecule has 1 aromatic carbocycles. The van der Waals surface area contributed by atoms with E-state index < -0.39 is 0 Å². The Hall–Kier alpha value is -1.35. The largest absolute Gasteiger partial charge is 0.339 e. The molecule has 0 N–H and O–H groups in total. The van der Waals surface area contributed by atoms with Crippen LogP contribution in [0.5, 0.6) is 0 Å². The van der Waals surface area contributed by atoms with Crippen LogP contribution in [-0.4, -0.2) is 41.9 Å². The average Bonchev–Trinajstić information content (AvgIpc) is 3.00. The predicted octanol–water partition coefficient (Wildman–Crippen LogP) is 4.08. The zero-order chi connectivity index (χ0) is 15.9. The van der Waals surface area contributed by atoms with Gasteiger partial charge >= 0.3 is 0 Å². The minimum atomic E-state index is 0.216. The van der Waals surface area contributed by atoms with Crippen LogP contribution in [0.2, 0.25) is 0 Å². The maximum atomic E-state index is 12.6. The lowest BCUT2D eigenvalue weighted by molar-refractivity contribution is 0.0761. The zero-order valence-electron chi connectivity index (χ0n) is 14.3. The third kappa shape index (κ3) is 4.81. The van der Waals surface area contributed by atoms with Gasteiger partial charge < -0.3 is 4.90 Å². The number of rotatable bonds is 3. The highest BCUT2D eigenvalue weighted by Gasteiger charge is 2.17. The Morgan fingerprint density at radius 1 is 0.739 bits per heavy atom. The number of amides is 1. The van der Waals surface area contributed by atoms with Crippen molar-refractivity contribution in [1.29, 1.82) is 0 Å². The predicted molar refractivity (Wildman–Crippen MR) is 94.6 cm³/mol. The minimum absolute atomic E-state index is 0.216. The van der Waals surface area contributed by atoms with Crippen LogP contribution in [-0.2, 0) is 6.54 Å². The normalized spacial score (nSPS) is 20.8. The van der Waals surface area contributed by atoms with Crippen molar-refractivity contribution < 1.29 is 4.79 Å². The summed E-state index contributed by atoms with van der Waals surface area (Å²) < 4.78 is 0. The van der Waals surface area contributed by atoms with Crippen LogP contribution < -0.4 is 0 Å². The zero-order valence-corrected chi connectivity index (χ0v) is 14.3. The van der Waals surface area contributed by atoms with Crippen LogP contribution in [0.3, 0.4) is 0 Å². The van der Waals surface area contributed by atoms with Crippen molar-refractivity contribution in [1.82, 2.24) is 9.80 Å². The summed E-state index contributed by atoms with van der Waals surface area (Å²) in [4.78, 5) is 17.2. The van der Waals surface area contributed by atoms with E-state index in [9.17, 15) is 4.79 Å². The van der Waals surface area contributed by atoms with Gasteiger partial charge in [0.15, 0.2) is 0 Å². The van der Waals surface area contributed by atoms with Gasteiger partial charge in [-0.25, -0.2) is 0 Å². The van der Waals surface area contributed by atoms with Crippen molar-refractivity contribution >= 4 is 5.91 Å². The first kappa shape index (κ1) is 16.5. The monoisotopic (exact) mass is 314 g/mol. The second-order valence-electron chi connectivity index (χ2n) is 7.09. The summed E-state index contributed by atoms with van der Waals surface area (Å²) in [5.74, 6) is 0.216. The number of carbonyl (C=O) groups is 1. The fourth-order valence-corrected chi connectivity index (χ4v) is 3.76. The number of nitrogens with zero attached hydrogens (tertiary/aromatic N) is 2. The molecule has 0 bridgehead atoms. The van der Waals surface area contributed by atoms with Crippen molar-refractivity contribution in [3.63, 3.8) is 0 Å². The van der Waals surface area contributed by atoms with E-state index in [1.54, 1.807) is 0 Å². The van der Waals surface area contributed by atoms with Gasteiger partial charge in [0.25, 0.3) is 5.91 Å². The van der Waals surface area contributed by atoms with Gasteiger partial charge in [-0.2, -0.15) is 0 Å². The molecule has 2 aliphatic rings. The molecule has 0 aliphatic carbocycles. The summed E-state index contributed by atoms with van der Waals surface area (Å²) >= 11 is 0. The Morgan fingerprint density at radius 2 is 1.26 bits per heavy atom. The molecule has 23 heavy (non-hydrogen) atoms. The van der Waals surface area contributed by atoms with Gasteiger partial charge in [-0.05, 0) is 56.5 Å². The number of hydrogen-bond donors (Lipinski definition) is 0. The van der Waals surface area contributed by atoms with E-state index in [2.05, 4.69) is 17.0 Å². The molecular weight excluding hydrogens is 284 g/mol. The molecule has 0 atom stereocenters. The van der Waals surface area contributed by atoms with Crippen LogP contribution in [0.25, 0.3) is 0 Å². The quantitative estimate of drug-likeness (QED) is 0.839. The number of carbonyl (C=O) groups excluding carboxylic acids is 1. The highest BCUT2D eigenvalue weighted by atomic mass is 16.2. The van der Waals surface area contributed by atoms with Crippen molar-refractivity contribution in [3.05, 3.63) is 35.4 Å². The van der Waals surface area contributed by atoms with Gasteiger partial charge in [-0.1, -0.05) is 37.8 Å². The van der Waals surface area contributed by atoms with E-state index in [-0.39, 0.29) is 5.91 Å². The van der Waals surface area contributed by atoms with E-state index in [0.717, 1.165) is 38.0 Å². The smallest absolute Gasteiger partial charge is 0.253 e. The van der Waals surface area contributed by atoms with Gasteiger partial charge in [-0.15, -0.1) is 0 Å². The third-order valence-corrected chi connectivity index (χ3v) is 5.20. The summed E-state index contributed by atoms with van der Waals surface area (Å²) in [6, 6.07) is 8.35. The summed E-state index contributed by atoms with van der Waals surface area (Å²) in [6.45, 7) is 5.31. The van der Waals surface area contributed by atoms with E-state index in [1.807, 2.05) is 17.0 Å². The summed E-state index contributed by atoms with van der Waals surface area (Å²) in [5, 5.41) is 0. The summed E-state index contributed by atoms with van der Waals surface area (Å²) in [7, 11) is 0. The van der Waals surface area contributed by atoms with Crippen molar-refractivity contribution in [2.45, 2.75) is 57.9 Å². The van der Waals surface area contributed by atoms with Crippen LogP contribution >= 0.6 is 0 Å². The van der Waals surface area contributed by atoms with E-state index >= 15 is 0 Å². The molecule has 0 unspecified atom stereocenters. The summed E-state index contributed by atoms with van der Waals surface area (Å²) in [6.07, 6.45) is 10.2. The maximum Gasteiger partial charge on any atom is 0.253 e. The fraction of sp³-hybridized carbons (Fsp3) is 0.650. The van der Waals surface area contributed by atoms with Gasteiger partial charge in [0.05, 0.1) is 0 Å². The number of likely N-dealkylation sites (tertiary alicyclic amines) is 2. The van der Waals surface area contributed by atoms with Crippen LogP contribution in [0.1, 0.15) is 67.3 Å². The second-order valence-corrected chi connectivity index (χ2v) is 7.09. The lowest BCUT2D eigenvalue weighted by Gasteiger charge is -2.21. The second kappa shape index (κ2) is 8.49. The molecule has 3 rings (SSSR count). The van der Waals surface area contributed by atoms with Gasteiger partial charge in [0.2, 0.25) is 0 Å². The molecule has 3 heteroatoms. The highest BCUT2D eigenvalue weighted by Crippen LogP contribution is 2.16. The molecule has 2 heterocycles. The van der Waals surface area contributed by atoms with E-state index in [4.69, 9.17) is 0 Å². The van der Waals surface area contributed by atoms with Crippen molar-refractivity contribution in [3.8, 4) is 0 Å². The molecule has 2 aliphatic heterocycles. The SMILES string of the molecule is O=C(c1ccc(CN2CCCCCC2)cc1)N1CCCCCC1. The molecule has 3 nitrogen and oxygen atoms in total. The Labute approximate surface area is 140 Å². The van der Waals surface area contributed by atoms with Gasteiger partial charge in [-0.3, -0.25) is 9.69 Å². The lowest BCUT2D eigenvalue weighted by Crippen LogP contribution is -2.31. The topological polar surface area (TPSA) is 23.6 Å². The van der Waals surface area contributed by atoms with Crippen molar-refractivity contribution in [2.75, 3.05) is 26.2 Å². The maximum absolute atomic E-state index is 12.6. The Bertz CT molecular complexity index is 481. The molecule has 0 saturated carbocycles. The van der Waals surface area contributed by atoms with E-state index in [1.165, 1.54) is 57.2 Å². The molecular formula is C20H30N2O. The number of benzene rings is 1. The number of hydrogen-bond acceptors (Lipinski definition) is 2. The fourth-order valence-electron chi connectivity index (χ4n) is 3.76. The van der Waals surface area contributed by atoms with Gasteiger partial charge in [0, 0.05) is 25.2 Å². The highest BCUT2D eigenvalue weighted by molar-refractivity contribution is 5.94. The third-order valence-electron chi connectivity index (χ3n) is 5.20. The average molecular weight is 314 g/mol. The first-order valence-corrected chi connectivity index (χ1v) is 9.43. The summed E-state index contributed by atoms with van der Waals surface area (Å²) in [5.41, 5.74) is 2.19. The van der Waals surface area contributed by atoms with E-state index in [0.29, 0.717) is 0 Å².